The fourth-order valence-corrected chi connectivity index (χ4v) is 16.2. The van der Waals surface area contributed by atoms with Crippen LogP contribution in [0.3, 0.4) is 0 Å². The van der Waals surface area contributed by atoms with Crippen molar-refractivity contribution in [3.05, 3.63) is 370 Å². The van der Waals surface area contributed by atoms with Crippen LogP contribution in [0.15, 0.2) is 379 Å². The van der Waals surface area contributed by atoms with Gasteiger partial charge >= 0.3 is 0 Å². The number of nitrogens with zero attached hydrogens (tertiary/aromatic N) is 2. The molecule has 0 radical (unpaired) electrons. The molecule has 470 valence electrons. The van der Waals surface area contributed by atoms with Crippen molar-refractivity contribution in [1.29, 1.82) is 0 Å². The third-order valence-electron chi connectivity index (χ3n) is 20.8. The number of hydrogen-bond acceptors (Lipinski definition) is 4. The molecule has 16 aromatic carbocycles. The van der Waals surface area contributed by atoms with Crippen molar-refractivity contribution in [2.75, 3.05) is 9.80 Å². The normalized spacial score (nSPS) is 12.3. The minimum atomic E-state index is -0.324. The molecule has 0 N–H and O–H groups in total. The molecular formula is C96H61BN2O2. The van der Waals surface area contributed by atoms with E-state index in [0.717, 1.165) is 189 Å². The molecule has 2 aliphatic heterocycles. The zero-order chi connectivity index (χ0) is 66.5. The highest BCUT2D eigenvalue weighted by atomic mass is 16.3. The summed E-state index contributed by atoms with van der Waals surface area (Å²) in [5.74, 6) is 0. The van der Waals surface area contributed by atoms with E-state index in [-0.39, 0.29) is 6.71 Å². The Balaban J connectivity index is 0.956. The highest BCUT2D eigenvalue weighted by Crippen LogP contribution is 2.55. The molecule has 0 spiro atoms. The van der Waals surface area contributed by atoms with Gasteiger partial charge in [-0.3, -0.25) is 0 Å². The first-order chi connectivity index (χ1) is 50.1. The topological polar surface area (TPSA) is 32.8 Å². The summed E-state index contributed by atoms with van der Waals surface area (Å²) in [4.78, 5) is 5.26. The number of furan rings is 2. The van der Waals surface area contributed by atoms with Crippen LogP contribution in [0.25, 0.3) is 144 Å². The van der Waals surface area contributed by atoms with Crippen molar-refractivity contribution in [2.24, 2.45) is 0 Å². The highest BCUT2D eigenvalue weighted by Gasteiger charge is 2.46. The summed E-state index contributed by atoms with van der Waals surface area (Å²) in [6, 6.07) is 136. The van der Waals surface area contributed by atoms with Gasteiger partial charge in [0.15, 0.2) is 0 Å². The van der Waals surface area contributed by atoms with Crippen molar-refractivity contribution in [2.45, 2.75) is 0 Å². The van der Waals surface area contributed by atoms with Crippen LogP contribution in [-0.4, -0.2) is 6.71 Å². The molecule has 0 fully saturated rings. The Hall–Kier alpha value is -13.2. The molecular weight excluding hydrogens is 1220 g/mol. The first-order valence-corrected chi connectivity index (χ1v) is 34.7. The number of rotatable bonds is 11. The average Bonchev–Trinajstić information content (AvgIpc) is 1.45. The summed E-state index contributed by atoms with van der Waals surface area (Å²) in [5, 5.41) is 4.27. The van der Waals surface area contributed by atoms with E-state index in [1.807, 2.05) is 0 Å². The van der Waals surface area contributed by atoms with Gasteiger partial charge in [-0.25, -0.2) is 0 Å². The summed E-state index contributed by atoms with van der Waals surface area (Å²) in [6.45, 7) is -0.324. The lowest BCUT2D eigenvalue weighted by Crippen LogP contribution is -2.61. The molecule has 0 unspecified atom stereocenters. The zero-order valence-corrected chi connectivity index (χ0v) is 55.0. The molecule has 0 saturated heterocycles. The van der Waals surface area contributed by atoms with Crippen molar-refractivity contribution >= 4 is 101 Å². The molecule has 0 aliphatic carbocycles. The van der Waals surface area contributed by atoms with Crippen LogP contribution in [0.1, 0.15) is 0 Å². The first-order valence-electron chi connectivity index (χ1n) is 34.7. The zero-order valence-electron chi connectivity index (χ0n) is 55.0. The molecule has 4 heterocycles. The Bertz CT molecular complexity index is 5720. The predicted molar refractivity (Wildman–Crippen MR) is 424 cm³/mol. The number of fused-ring (bicyclic) bond motifs is 10. The van der Waals surface area contributed by atoms with E-state index in [9.17, 15) is 0 Å². The molecule has 18 aromatic rings. The fourth-order valence-electron chi connectivity index (χ4n) is 16.2. The van der Waals surface area contributed by atoms with Crippen molar-refractivity contribution in [1.82, 2.24) is 0 Å². The summed E-state index contributed by atoms with van der Waals surface area (Å²) in [5.41, 5.74) is 33.2. The average molecular weight is 1290 g/mol. The summed E-state index contributed by atoms with van der Waals surface area (Å²) in [7, 11) is 0. The molecule has 2 aliphatic rings. The van der Waals surface area contributed by atoms with E-state index in [0.29, 0.717) is 0 Å². The van der Waals surface area contributed by atoms with E-state index in [1.165, 1.54) is 5.46 Å². The summed E-state index contributed by atoms with van der Waals surface area (Å²) < 4.78 is 14.3. The molecule has 5 heteroatoms. The Morgan fingerprint density at radius 1 is 0.188 bits per heavy atom. The lowest BCUT2D eigenvalue weighted by Gasteiger charge is -2.46. The Morgan fingerprint density at radius 2 is 0.465 bits per heavy atom. The van der Waals surface area contributed by atoms with Crippen molar-refractivity contribution in [3.63, 3.8) is 0 Å². The molecule has 4 nitrogen and oxygen atoms in total. The second kappa shape index (κ2) is 23.8. The largest absolute Gasteiger partial charge is 0.456 e. The van der Waals surface area contributed by atoms with E-state index in [1.54, 1.807) is 0 Å². The van der Waals surface area contributed by atoms with Gasteiger partial charge in [0.25, 0.3) is 6.71 Å². The Kier molecular flexibility index (Phi) is 13.7. The molecule has 0 saturated carbocycles. The van der Waals surface area contributed by atoms with Gasteiger partial charge in [0.05, 0.1) is 11.4 Å². The van der Waals surface area contributed by atoms with Gasteiger partial charge in [-0.2, -0.15) is 0 Å². The highest BCUT2D eigenvalue weighted by molar-refractivity contribution is 7.00. The Morgan fingerprint density at radius 3 is 0.802 bits per heavy atom. The van der Waals surface area contributed by atoms with Crippen LogP contribution in [0.4, 0.5) is 34.1 Å². The van der Waals surface area contributed by atoms with Gasteiger partial charge in [-0.1, -0.05) is 309 Å². The van der Waals surface area contributed by atoms with Crippen LogP contribution in [0, 0.1) is 0 Å². The van der Waals surface area contributed by atoms with Crippen LogP contribution in [-0.2, 0) is 0 Å². The maximum Gasteiger partial charge on any atom is 0.252 e. The van der Waals surface area contributed by atoms with Gasteiger partial charge in [0, 0.05) is 78.7 Å². The minimum Gasteiger partial charge on any atom is -0.456 e. The van der Waals surface area contributed by atoms with E-state index < -0.39 is 0 Å². The van der Waals surface area contributed by atoms with Crippen LogP contribution in [0.2, 0.25) is 0 Å². The molecule has 0 bridgehead atoms. The lowest BCUT2D eigenvalue weighted by atomic mass is 9.33. The van der Waals surface area contributed by atoms with Gasteiger partial charge in [-0.15, -0.1) is 0 Å². The van der Waals surface area contributed by atoms with Crippen molar-refractivity contribution in [3.8, 4) is 100 Å². The Labute approximate surface area is 586 Å². The molecule has 101 heavy (non-hydrogen) atoms. The first kappa shape index (κ1) is 58.0. The monoisotopic (exact) mass is 1280 g/mol. The second-order valence-corrected chi connectivity index (χ2v) is 26.6. The van der Waals surface area contributed by atoms with Gasteiger partial charge in [0.1, 0.15) is 22.3 Å². The second-order valence-electron chi connectivity index (χ2n) is 26.6. The fraction of sp³-hybridized carbons (Fsp3) is 0. The number of hydrogen-bond donors (Lipinski definition) is 0. The predicted octanol–water partition coefficient (Wildman–Crippen LogP) is 24.6. The van der Waals surface area contributed by atoms with Crippen molar-refractivity contribution < 1.29 is 8.83 Å². The van der Waals surface area contributed by atoms with E-state index in [4.69, 9.17) is 8.83 Å². The third kappa shape index (κ3) is 9.76. The van der Waals surface area contributed by atoms with Crippen LogP contribution in [0.5, 0.6) is 0 Å². The maximum atomic E-state index is 7.13. The minimum absolute atomic E-state index is 0.324. The molecule has 20 rings (SSSR count). The molecule has 0 atom stereocenters. The summed E-state index contributed by atoms with van der Waals surface area (Å²) >= 11 is 0. The smallest absolute Gasteiger partial charge is 0.252 e. The van der Waals surface area contributed by atoms with Crippen LogP contribution >= 0.6 is 0 Å². The quantitative estimate of drug-likeness (QED) is 0.121. The standard InChI is InChI=1S/C96H61BN2O2/c1-6-26-62(27-7-1)67-36-20-40-71(52-67)76-46-24-47-77(72-41-21-37-68(53-72)63-28-8-2-9-29-63)95(76)98-86-60-92-82(80-44-16-18-50-90(80)100-92)58-84(86)97-85-59-83-81-45-17-19-51-91(81)101-93(83)61-87(85)99(89-57-75(56-88(98)94(89)97)66-34-14-5-15-35-66)96-78(73-42-22-38-69(54-73)64-30-10-3-11-31-64)48-25-49-79(96)74-43-23-39-70(55-74)65-32-12-4-13-33-65/h1-61H. The SMILES string of the molecule is c1ccc(-c2cccc(-c3cccc(-c4cccc(-c5ccccc5)c4)c3N3c4cc5oc6ccccc6c5cc4B4c5cc6c(cc5N(c5c(-c7cccc(-c8ccccc8)c7)cccc5-c5cccc(-c7ccccc7)c5)c5cc(-c7ccccc7)cc3c54)oc3ccccc36)c2)cc1. The van der Waals surface area contributed by atoms with Gasteiger partial charge in [0.2, 0.25) is 0 Å². The number of para-hydroxylation sites is 4. The van der Waals surface area contributed by atoms with Gasteiger partial charge < -0.3 is 18.6 Å². The van der Waals surface area contributed by atoms with Crippen LogP contribution < -0.4 is 26.2 Å². The summed E-state index contributed by atoms with van der Waals surface area (Å²) in [6.07, 6.45) is 0. The van der Waals surface area contributed by atoms with Gasteiger partial charge in [-0.05, 0) is 143 Å². The third-order valence-corrected chi connectivity index (χ3v) is 20.8. The van der Waals surface area contributed by atoms with E-state index >= 15 is 0 Å². The number of benzene rings is 16. The molecule has 2 aromatic heterocycles. The van der Waals surface area contributed by atoms with E-state index in [2.05, 4.69) is 380 Å². The molecule has 0 amide bonds. The maximum absolute atomic E-state index is 7.13. The number of anilines is 6. The lowest BCUT2D eigenvalue weighted by molar-refractivity contribution is 0.668.